The molecule has 0 N–H and O–H groups in total. The summed E-state index contributed by atoms with van der Waals surface area (Å²) >= 11 is 1.90. The maximum Gasteiger partial charge on any atom is 0.222 e. The summed E-state index contributed by atoms with van der Waals surface area (Å²) in [5.41, 5.74) is 4.70. The minimum absolute atomic E-state index is 0.177. The summed E-state index contributed by atoms with van der Waals surface area (Å²) in [6.45, 7) is 6.36. The quantitative estimate of drug-likeness (QED) is 0.607. The molecule has 0 amide bonds. The van der Waals surface area contributed by atoms with E-state index in [4.69, 9.17) is 0 Å². The van der Waals surface area contributed by atoms with Gasteiger partial charge in [0.1, 0.15) is 0 Å². The minimum Gasteiger partial charge on any atom is -0.282 e. The molecule has 0 aliphatic rings. The van der Waals surface area contributed by atoms with Crippen molar-refractivity contribution in [2.24, 2.45) is 0 Å². The van der Waals surface area contributed by atoms with Gasteiger partial charge >= 0.3 is 0 Å². The van der Waals surface area contributed by atoms with Crippen molar-refractivity contribution in [2.75, 3.05) is 0 Å². The number of carbonyl (C=O) groups is 1. The lowest BCUT2D eigenvalue weighted by Gasteiger charge is -2.13. The first-order valence-corrected chi connectivity index (χ1v) is 6.56. The monoisotopic (exact) mass is 316 g/mol. The largest absolute Gasteiger partial charge is 0.282 e. The number of hydrogen-bond donors (Lipinski definition) is 0. The number of hydrogen-bond acceptors (Lipinski definition) is 1. The Bertz CT molecular complexity index is 369. The first kappa shape index (κ1) is 12.7. The number of aryl methyl sites for hydroxylation is 2. The Balaban J connectivity index is 3.44. The van der Waals surface area contributed by atoms with Gasteiger partial charge in [0.15, 0.2) is 0 Å². The molecule has 0 unspecified atom stereocenters. The minimum atomic E-state index is 0.177. The van der Waals surface area contributed by atoms with E-state index in [0.29, 0.717) is 0 Å². The number of rotatable bonds is 4. The molecule has 15 heavy (non-hydrogen) atoms. The molecule has 0 aromatic heterocycles. The van der Waals surface area contributed by atoms with Crippen molar-refractivity contribution in [3.8, 4) is 0 Å². The maximum absolute atomic E-state index is 11.7. The van der Waals surface area contributed by atoms with E-state index in [0.717, 1.165) is 24.8 Å². The molecule has 0 spiro atoms. The van der Waals surface area contributed by atoms with Crippen molar-refractivity contribution in [3.05, 3.63) is 34.4 Å². The summed E-state index contributed by atoms with van der Waals surface area (Å²) in [6, 6.07) is 4.27. The zero-order valence-electron chi connectivity index (χ0n) is 9.56. The molecule has 0 atom stereocenters. The van der Waals surface area contributed by atoms with E-state index in [1.807, 2.05) is 22.6 Å². The van der Waals surface area contributed by atoms with Crippen molar-refractivity contribution in [1.29, 1.82) is 0 Å². The van der Waals surface area contributed by atoms with Crippen LogP contribution < -0.4 is 0 Å². The van der Waals surface area contributed by atoms with Crippen LogP contribution in [-0.2, 0) is 19.3 Å². The van der Waals surface area contributed by atoms with E-state index in [1.165, 1.54) is 16.7 Å². The van der Waals surface area contributed by atoms with Gasteiger partial charge in [-0.25, -0.2) is 0 Å². The van der Waals surface area contributed by atoms with Crippen molar-refractivity contribution in [1.82, 2.24) is 0 Å². The lowest BCUT2D eigenvalue weighted by atomic mass is 9.92. The van der Waals surface area contributed by atoms with Crippen LogP contribution in [0.2, 0.25) is 0 Å². The molecule has 0 aliphatic carbocycles. The summed E-state index contributed by atoms with van der Waals surface area (Å²) in [6.07, 6.45) is 2.88. The van der Waals surface area contributed by atoms with Gasteiger partial charge < -0.3 is 0 Å². The zero-order chi connectivity index (χ0) is 11.4. The first-order chi connectivity index (χ1) is 7.15. The van der Waals surface area contributed by atoms with E-state index < -0.39 is 0 Å². The molecule has 1 nitrogen and oxygen atoms in total. The summed E-state index contributed by atoms with van der Waals surface area (Å²) in [4.78, 5) is 11.7. The van der Waals surface area contributed by atoms with Gasteiger partial charge in [0, 0.05) is 28.2 Å². The predicted molar refractivity (Wildman–Crippen MR) is 72.9 cm³/mol. The summed E-state index contributed by atoms with van der Waals surface area (Å²) in [5, 5.41) is 0. The van der Waals surface area contributed by atoms with Crippen LogP contribution in [0.1, 0.15) is 47.8 Å². The first-order valence-electron chi connectivity index (χ1n) is 5.49. The molecule has 1 aromatic carbocycles. The molecular formula is C13H17IO. The normalized spacial score (nSPS) is 10.4. The Hall–Kier alpha value is -0.380. The molecule has 82 valence electrons. The second-order valence-electron chi connectivity index (χ2n) is 3.57. The van der Waals surface area contributed by atoms with Crippen LogP contribution in [0.3, 0.4) is 0 Å². The van der Waals surface area contributed by atoms with Gasteiger partial charge in [0.25, 0.3) is 0 Å². The molecule has 0 bridgehead atoms. The fourth-order valence-corrected chi connectivity index (χ4v) is 2.69. The third kappa shape index (κ3) is 2.60. The van der Waals surface area contributed by atoms with Crippen LogP contribution in [-0.4, -0.2) is 3.79 Å². The van der Waals surface area contributed by atoms with Crippen LogP contribution in [0.15, 0.2) is 12.1 Å². The SMILES string of the molecule is CCc1ccc(CC)c(C(=O)I)c1CC. The Kier molecular flexibility index (Phi) is 4.77. The fourth-order valence-electron chi connectivity index (χ4n) is 2.01. The molecule has 2 heteroatoms. The van der Waals surface area contributed by atoms with E-state index in [1.54, 1.807) is 0 Å². The highest BCUT2D eigenvalue weighted by atomic mass is 127. The third-order valence-corrected chi connectivity index (χ3v) is 3.35. The summed E-state index contributed by atoms with van der Waals surface area (Å²) in [5.74, 6) is 0. The summed E-state index contributed by atoms with van der Waals surface area (Å²) in [7, 11) is 0. The van der Waals surface area contributed by atoms with Crippen LogP contribution in [0, 0.1) is 0 Å². The second-order valence-corrected chi connectivity index (χ2v) is 4.55. The van der Waals surface area contributed by atoms with Crippen LogP contribution >= 0.6 is 22.6 Å². The smallest absolute Gasteiger partial charge is 0.222 e. The molecule has 0 radical (unpaired) electrons. The van der Waals surface area contributed by atoms with Crippen LogP contribution in [0.5, 0.6) is 0 Å². The molecule has 1 aromatic rings. The second kappa shape index (κ2) is 5.64. The van der Waals surface area contributed by atoms with Gasteiger partial charge in [-0.1, -0.05) is 32.9 Å². The van der Waals surface area contributed by atoms with Crippen molar-refractivity contribution in [3.63, 3.8) is 0 Å². The van der Waals surface area contributed by atoms with Gasteiger partial charge in [0.2, 0.25) is 3.79 Å². The summed E-state index contributed by atoms with van der Waals surface area (Å²) < 4.78 is 0.177. The van der Waals surface area contributed by atoms with E-state index >= 15 is 0 Å². The van der Waals surface area contributed by atoms with Crippen molar-refractivity contribution >= 4 is 26.4 Å². The Morgan fingerprint density at radius 2 is 1.60 bits per heavy atom. The Morgan fingerprint density at radius 1 is 1.07 bits per heavy atom. The molecule has 0 heterocycles. The molecule has 0 aliphatic heterocycles. The number of benzene rings is 1. The maximum atomic E-state index is 11.7. The number of halogens is 1. The molecule has 1 rings (SSSR count). The highest BCUT2D eigenvalue weighted by Gasteiger charge is 2.14. The highest BCUT2D eigenvalue weighted by molar-refractivity contribution is 14.1. The van der Waals surface area contributed by atoms with E-state index in [2.05, 4.69) is 32.9 Å². The number of carbonyl (C=O) groups excluding carboxylic acids is 1. The standard InChI is InChI=1S/C13H17IO/c1-4-9-7-8-10(5-2)12(13(14)15)11(9)6-3/h7-8H,4-6H2,1-3H3. The molecule has 0 saturated heterocycles. The van der Waals surface area contributed by atoms with Gasteiger partial charge in [-0.3, -0.25) is 4.79 Å². The third-order valence-electron chi connectivity index (χ3n) is 2.81. The van der Waals surface area contributed by atoms with Gasteiger partial charge in [-0.05, 0) is 36.0 Å². The molecular weight excluding hydrogens is 299 g/mol. The van der Waals surface area contributed by atoms with Crippen molar-refractivity contribution in [2.45, 2.75) is 40.0 Å². The zero-order valence-corrected chi connectivity index (χ0v) is 11.7. The highest BCUT2D eigenvalue weighted by Crippen LogP contribution is 2.24. The van der Waals surface area contributed by atoms with E-state index in [-0.39, 0.29) is 3.79 Å². The van der Waals surface area contributed by atoms with Crippen LogP contribution in [0.4, 0.5) is 0 Å². The predicted octanol–water partition coefficient (Wildman–Crippen LogP) is 3.95. The average molecular weight is 316 g/mol. The Morgan fingerprint density at radius 3 is 2.00 bits per heavy atom. The topological polar surface area (TPSA) is 17.1 Å². The lowest BCUT2D eigenvalue weighted by molar-refractivity contribution is 0.110. The molecule has 0 saturated carbocycles. The lowest BCUT2D eigenvalue weighted by Crippen LogP contribution is -2.05. The van der Waals surface area contributed by atoms with Crippen LogP contribution in [0.25, 0.3) is 0 Å². The van der Waals surface area contributed by atoms with Gasteiger partial charge in [0.05, 0.1) is 0 Å². The van der Waals surface area contributed by atoms with Gasteiger partial charge in [-0.2, -0.15) is 0 Å². The molecule has 0 fully saturated rings. The van der Waals surface area contributed by atoms with Crippen molar-refractivity contribution < 1.29 is 4.79 Å². The Labute approximate surface area is 105 Å². The average Bonchev–Trinajstić information content (AvgIpc) is 2.26. The van der Waals surface area contributed by atoms with Gasteiger partial charge in [-0.15, -0.1) is 0 Å². The van der Waals surface area contributed by atoms with E-state index in [9.17, 15) is 4.79 Å². The fraction of sp³-hybridized carbons (Fsp3) is 0.462.